The van der Waals surface area contributed by atoms with Gasteiger partial charge >= 0.3 is 12.1 Å². The third kappa shape index (κ3) is 3.75. The molecule has 0 bridgehead atoms. The van der Waals surface area contributed by atoms with E-state index in [9.17, 15) is 9.59 Å². The Kier molecular flexibility index (Phi) is 4.38. The Labute approximate surface area is 108 Å². The lowest BCUT2D eigenvalue weighted by atomic mass is 10.2. The largest absolute Gasteiger partial charge is 0.469 e. The SMILES string of the molecule is C=CCN(C(=O)OC(C)(C)C)C1CC1C(=O)OC. The third-order valence-corrected chi connectivity index (χ3v) is 2.61. The molecule has 0 spiro atoms. The molecule has 5 nitrogen and oxygen atoms in total. The van der Waals surface area contributed by atoms with Gasteiger partial charge in [-0.1, -0.05) is 6.08 Å². The van der Waals surface area contributed by atoms with Crippen molar-refractivity contribution in [3.8, 4) is 0 Å². The van der Waals surface area contributed by atoms with Crippen LogP contribution in [-0.4, -0.2) is 42.3 Å². The topological polar surface area (TPSA) is 55.8 Å². The number of carbonyl (C=O) groups is 2. The molecule has 2 unspecified atom stereocenters. The van der Waals surface area contributed by atoms with Crippen molar-refractivity contribution in [2.24, 2.45) is 5.92 Å². The van der Waals surface area contributed by atoms with Gasteiger partial charge in [0, 0.05) is 12.6 Å². The molecule has 0 radical (unpaired) electrons. The van der Waals surface area contributed by atoms with Gasteiger partial charge in [-0.05, 0) is 27.2 Å². The smallest absolute Gasteiger partial charge is 0.410 e. The van der Waals surface area contributed by atoms with Crippen molar-refractivity contribution >= 4 is 12.1 Å². The summed E-state index contributed by atoms with van der Waals surface area (Å²) in [4.78, 5) is 24.9. The Bertz CT molecular complexity index is 345. The second-order valence-electron chi connectivity index (χ2n) is 5.35. The predicted octanol–water partition coefficient (Wildman–Crippen LogP) is 1.97. The number of methoxy groups -OCH3 is 1. The summed E-state index contributed by atoms with van der Waals surface area (Å²) in [6.07, 6.45) is 1.83. The van der Waals surface area contributed by atoms with E-state index in [1.807, 2.05) is 20.8 Å². The molecule has 0 aliphatic heterocycles. The molecule has 0 aromatic rings. The summed E-state index contributed by atoms with van der Waals surface area (Å²) in [7, 11) is 1.35. The zero-order chi connectivity index (χ0) is 13.9. The van der Waals surface area contributed by atoms with E-state index in [0.29, 0.717) is 13.0 Å². The predicted molar refractivity (Wildman–Crippen MR) is 67.0 cm³/mol. The van der Waals surface area contributed by atoms with Crippen LogP contribution in [0.1, 0.15) is 27.2 Å². The minimum absolute atomic E-state index is 0.134. The fraction of sp³-hybridized carbons (Fsp3) is 0.692. The molecule has 102 valence electrons. The van der Waals surface area contributed by atoms with E-state index in [1.165, 1.54) is 12.0 Å². The fourth-order valence-electron chi connectivity index (χ4n) is 1.74. The maximum absolute atomic E-state index is 12.0. The van der Waals surface area contributed by atoms with E-state index in [4.69, 9.17) is 4.74 Å². The van der Waals surface area contributed by atoms with E-state index in [0.717, 1.165) is 0 Å². The summed E-state index contributed by atoms with van der Waals surface area (Å²) in [6, 6.07) is -0.134. The lowest BCUT2D eigenvalue weighted by Gasteiger charge is -2.26. The van der Waals surface area contributed by atoms with Crippen molar-refractivity contribution in [1.82, 2.24) is 4.90 Å². The first-order valence-electron chi connectivity index (χ1n) is 5.98. The van der Waals surface area contributed by atoms with E-state index < -0.39 is 11.7 Å². The highest BCUT2D eigenvalue weighted by molar-refractivity contribution is 5.79. The highest BCUT2D eigenvalue weighted by Gasteiger charge is 2.50. The molecule has 1 aliphatic rings. The van der Waals surface area contributed by atoms with Crippen LogP contribution in [0.4, 0.5) is 4.79 Å². The number of esters is 1. The lowest BCUT2D eigenvalue weighted by Crippen LogP contribution is -2.39. The Morgan fingerprint density at radius 3 is 2.50 bits per heavy atom. The summed E-state index contributed by atoms with van der Waals surface area (Å²) < 4.78 is 9.97. The van der Waals surface area contributed by atoms with Gasteiger partial charge in [0.2, 0.25) is 0 Å². The van der Waals surface area contributed by atoms with E-state index in [-0.39, 0.29) is 17.9 Å². The van der Waals surface area contributed by atoms with Gasteiger partial charge in [-0.2, -0.15) is 0 Å². The van der Waals surface area contributed by atoms with Crippen molar-refractivity contribution < 1.29 is 19.1 Å². The Balaban J connectivity index is 2.64. The molecule has 0 N–H and O–H groups in total. The number of ether oxygens (including phenoxy) is 2. The Hall–Kier alpha value is -1.52. The second kappa shape index (κ2) is 5.42. The molecule has 2 atom stereocenters. The molecule has 1 amide bonds. The van der Waals surface area contributed by atoms with Crippen LogP contribution in [0.25, 0.3) is 0 Å². The third-order valence-electron chi connectivity index (χ3n) is 2.61. The quantitative estimate of drug-likeness (QED) is 0.569. The molecule has 0 heterocycles. The van der Waals surface area contributed by atoms with Crippen molar-refractivity contribution in [2.45, 2.75) is 38.8 Å². The Morgan fingerprint density at radius 2 is 2.06 bits per heavy atom. The molecular weight excluding hydrogens is 234 g/mol. The molecular formula is C13H21NO4. The zero-order valence-electron chi connectivity index (χ0n) is 11.4. The first-order valence-corrected chi connectivity index (χ1v) is 5.98. The minimum atomic E-state index is -0.549. The number of carbonyl (C=O) groups excluding carboxylic acids is 2. The fourth-order valence-corrected chi connectivity index (χ4v) is 1.74. The first kappa shape index (κ1) is 14.5. The number of hydrogen-bond acceptors (Lipinski definition) is 4. The zero-order valence-corrected chi connectivity index (χ0v) is 11.4. The number of amides is 1. The number of rotatable bonds is 4. The van der Waals surface area contributed by atoms with Gasteiger partial charge in [0.25, 0.3) is 0 Å². The lowest BCUT2D eigenvalue weighted by molar-refractivity contribution is -0.142. The van der Waals surface area contributed by atoms with Gasteiger partial charge < -0.3 is 14.4 Å². The number of nitrogens with zero attached hydrogens (tertiary/aromatic N) is 1. The molecule has 0 aromatic carbocycles. The molecule has 18 heavy (non-hydrogen) atoms. The molecule has 1 rings (SSSR count). The minimum Gasteiger partial charge on any atom is -0.469 e. The molecule has 0 aromatic heterocycles. The monoisotopic (exact) mass is 255 g/mol. The van der Waals surface area contributed by atoms with Crippen molar-refractivity contribution in [3.05, 3.63) is 12.7 Å². The van der Waals surface area contributed by atoms with E-state index >= 15 is 0 Å². The van der Waals surface area contributed by atoms with Crippen LogP contribution in [0.3, 0.4) is 0 Å². The van der Waals surface area contributed by atoms with Crippen LogP contribution in [0.15, 0.2) is 12.7 Å². The van der Waals surface area contributed by atoms with Crippen LogP contribution in [0, 0.1) is 5.92 Å². The average Bonchev–Trinajstić information content (AvgIpc) is 3.02. The summed E-state index contributed by atoms with van der Waals surface area (Å²) in [5, 5.41) is 0. The Morgan fingerprint density at radius 1 is 1.44 bits per heavy atom. The van der Waals surface area contributed by atoms with Gasteiger partial charge in [-0.25, -0.2) is 4.79 Å². The molecule has 1 aliphatic carbocycles. The van der Waals surface area contributed by atoms with E-state index in [2.05, 4.69) is 11.3 Å². The molecule has 5 heteroatoms. The highest BCUT2D eigenvalue weighted by Crippen LogP contribution is 2.37. The average molecular weight is 255 g/mol. The van der Waals surface area contributed by atoms with E-state index in [1.54, 1.807) is 6.08 Å². The van der Waals surface area contributed by atoms with Crippen LogP contribution in [0.2, 0.25) is 0 Å². The van der Waals surface area contributed by atoms with Crippen LogP contribution in [0.5, 0.6) is 0 Å². The summed E-state index contributed by atoms with van der Waals surface area (Å²) >= 11 is 0. The maximum atomic E-state index is 12.0. The standard InChI is InChI=1S/C13H21NO4/c1-6-7-14(12(16)18-13(2,3)4)10-8-9(10)11(15)17-5/h6,9-10H,1,7-8H2,2-5H3. The van der Waals surface area contributed by atoms with Crippen molar-refractivity contribution in [1.29, 1.82) is 0 Å². The van der Waals surface area contributed by atoms with Gasteiger partial charge in [0.1, 0.15) is 5.60 Å². The summed E-state index contributed by atoms with van der Waals surface area (Å²) in [5.74, 6) is -0.514. The van der Waals surface area contributed by atoms with Crippen molar-refractivity contribution in [3.63, 3.8) is 0 Å². The van der Waals surface area contributed by atoms with Gasteiger partial charge in [-0.15, -0.1) is 6.58 Å². The normalized spacial score (nSPS) is 22.0. The summed E-state index contributed by atoms with van der Waals surface area (Å²) in [6.45, 7) is 9.40. The van der Waals surface area contributed by atoms with Crippen LogP contribution < -0.4 is 0 Å². The molecule has 1 fully saturated rings. The van der Waals surface area contributed by atoms with Gasteiger partial charge in [0.05, 0.1) is 13.0 Å². The number of hydrogen-bond donors (Lipinski definition) is 0. The highest BCUT2D eigenvalue weighted by atomic mass is 16.6. The van der Waals surface area contributed by atoms with Gasteiger partial charge in [0.15, 0.2) is 0 Å². The van der Waals surface area contributed by atoms with Crippen LogP contribution in [-0.2, 0) is 14.3 Å². The molecule has 0 saturated heterocycles. The van der Waals surface area contributed by atoms with Crippen LogP contribution >= 0.6 is 0 Å². The second-order valence-corrected chi connectivity index (χ2v) is 5.35. The van der Waals surface area contributed by atoms with Crippen molar-refractivity contribution in [2.75, 3.05) is 13.7 Å². The molecule has 1 saturated carbocycles. The summed E-state index contributed by atoms with van der Waals surface area (Å²) in [5.41, 5.74) is -0.549. The van der Waals surface area contributed by atoms with Gasteiger partial charge in [-0.3, -0.25) is 4.79 Å². The maximum Gasteiger partial charge on any atom is 0.410 e. The first-order chi connectivity index (χ1) is 8.30.